The van der Waals surface area contributed by atoms with Crippen molar-refractivity contribution in [1.82, 2.24) is 10.3 Å². The van der Waals surface area contributed by atoms with Crippen molar-refractivity contribution in [2.24, 2.45) is 5.84 Å². The van der Waals surface area contributed by atoms with Crippen LogP contribution in [0.1, 0.15) is 46.5 Å². The number of hydrogen-bond donors (Lipinski definition) is 2. The van der Waals surface area contributed by atoms with Crippen LogP contribution >= 0.6 is 0 Å². The van der Waals surface area contributed by atoms with Crippen molar-refractivity contribution in [3.8, 4) is 0 Å². The number of ether oxygens (including phenoxy) is 1. The fourth-order valence-electron chi connectivity index (χ4n) is 2.75. The molecular formula is C13H29N3O. The molecule has 1 fully saturated rings. The van der Waals surface area contributed by atoms with E-state index in [2.05, 4.69) is 31.1 Å². The van der Waals surface area contributed by atoms with Crippen molar-refractivity contribution in [3.63, 3.8) is 0 Å². The van der Waals surface area contributed by atoms with Crippen LogP contribution < -0.4 is 11.3 Å². The molecule has 2 atom stereocenters. The lowest BCUT2D eigenvalue weighted by atomic mass is 9.84. The average Bonchev–Trinajstić information content (AvgIpc) is 2.40. The van der Waals surface area contributed by atoms with Gasteiger partial charge in [-0.25, -0.2) is 0 Å². The Labute approximate surface area is 106 Å². The predicted octanol–water partition coefficient (Wildman–Crippen LogP) is 1.51. The molecule has 0 amide bonds. The highest BCUT2D eigenvalue weighted by atomic mass is 16.5. The molecule has 17 heavy (non-hydrogen) atoms. The standard InChI is InChI=1S/C13H29N3O/c1-4-6-7-12(15-14)13(3,5-2)16-8-10-17-11-9-16/h12,15H,4-11,14H2,1-3H3. The summed E-state index contributed by atoms with van der Waals surface area (Å²) in [4.78, 5) is 2.54. The lowest BCUT2D eigenvalue weighted by Gasteiger charge is -2.47. The summed E-state index contributed by atoms with van der Waals surface area (Å²) in [5.74, 6) is 5.77. The Morgan fingerprint density at radius 3 is 2.47 bits per heavy atom. The first kappa shape index (κ1) is 14.9. The highest BCUT2D eigenvalue weighted by molar-refractivity contribution is 4.96. The van der Waals surface area contributed by atoms with Crippen molar-refractivity contribution in [3.05, 3.63) is 0 Å². The lowest BCUT2D eigenvalue weighted by Crippen LogP contribution is -2.63. The zero-order valence-corrected chi connectivity index (χ0v) is 11.7. The van der Waals surface area contributed by atoms with E-state index in [4.69, 9.17) is 10.6 Å². The summed E-state index contributed by atoms with van der Waals surface area (Å²) in [6, 6.07) is 0.366. The Kier molecular flexibility index (Phi) is 6.41. The summed E-state index contributed by atoms with van der Waals surface area (Å²) in [5, 5.41) is 0. The van der Waals surface area contributed by atoms with Crippen molar-refractivity contribution < 1.29 is 4.74 Å². The van der Waals surface area contributed by atoms with Crippen LogP contribution in [0.4, 0.5) is 0 Å². The third-order valence-electron chi connectivity index (χ3n) is 4.25. The zero-order valence-electron chi connectivity index (χ0n) is 11.7. The molecule has 0 aromatic heterocycles. The zero-order chi connectivity index (χ0) is 12.7. The largest absolute Gasteiger partial charge is 0.379 e. The van der Waals surface area contributed by atoms with Gasteiger partial charge in [0.05, 0.1) is 13.2 Å². The van der Waals surface area contributed by atoms with Gasteiger partial charge in [-0.1, -0.05) is 26.7 Å². The van der Waals surface area contributed by atoms with Gasteiger partial charge in [-0.3, -0.25) is 16.2 Å². The second kappa shape index (κ2) is 7.31. The Morgan fingerprint density at radius 1 is 1.35 bits per heavy atom. The molecule has 0 radical (unpaired) electrons. The van der Waals surface area contributed by atoms with Gasteiger partial charge in [-0.05, 0) is 19.8 Å². The van der Waals surface area contributed by atoms with Gasteiger partial charge in [0.2, 0.25) is 0 Å². The summed E-state index contributed by atoms with van der Waals surface area (Å²) < 4.78 is 5.44. The van der Waals surface area contributed by atoms with Crippen LogP contribution in [0.5, 0.6) is 0 Å². The van der Waals surface area contributed by atoms with Crippen molar-refractivity contribution in [2.75, 3.05) is 26.3 Å². The molecule has 4 nitrogen and oxygen atoms in total. The number of rotatable bonds is 7. The minimum atomic E-state index is 0.147. The van der Waals surface area contributed by atoms with Crippen molar-refractivity contribution >= 4 is 0 Å². The second-order valence-corrected chi connectivity index (χ2v) is 5.17. The smallest absolute Gasteiger partial charge is 0.0594 e. The van der Waals surface area contributed by atoms with E-state index in [0.29, 0.717) is 6.04 Å². The molecule has 4 heteroatoms. The molecule has 3 N–H and O–H groups in total. The molecule has 1 aliphatic heterocycles. The van der Waals surface area contributed by atoms with Crippen LogP contribution in [-0.4, -0.2) is 42.8 Å². The molecule has 1 rings (SSSR count). The molecule has 0 bridgehead atoms. The quantitative estimate of drug-likeness (QED) is 0.526. The number of hydrazine groups is 1. The minimum Gasteiger partial charge on any atom is -0.379 e. The van der Waals surface area contributed by atoms with Gasteiger partial charge in [0.15, 0.2) is 0 Å². The van der Waals surface area contributed by atoms with Crippen LogP contribution in [0.2, 0.25) is 0 Å². The van der Waals surface area contributed by atoms with Crippen LogP contribution in [0.15, 0.2) is 0 Å². The number of nitrogens with one attached hydrogen (secondary N) is 1. The summed E-state index contributed by atoms with van der Waals surface area (Å²) in [5.41, 5.74) is 3.19. The van der Waals surface area contributed by atoms with E-state index in [0.717, 1.165) is 39.1 Å². The van der Waals surface area contributed by atoms with Gasteiger partial charge in [0, 0.05) is 24.7 Å². The van der Waals surface area contributed by atoms with Gasteiger partial charge < -0.3 is 4.74 Å². The monoisotopic (exact) mass is 243 g/mol. The fourth-order valence-corrected chi connectivity index (χ4v) is 2.75. The molecular weight excluding hydrogens is 214 g/mol. The normalized spacial score (nSPS) is 23.3. The van der Waals surface area contributed by atoms with E-state index < -0.39 is 0 Å². The fraction of sp³-hybridized carbons (Fsp3) is 1.00. The SMILES string of the molecule is CCCCC(NN)C(C)(CC)N1CCOCC1. The first-order chi connectivity index (χ1) is 8.19. The molecule has 0 aromatic carbocycles. The predicted molar refractivity (Wildman–Crippen MR) is 71.7 cm³/mol. The maximum atomic E-state index is 5.77. The van der Waals surface area contributed by atoms with Crippen LogP contribution in [0.3, 0.4) is 0 Å². The molecule has 0 spiro atoms. The summed E-state index contributed by atoms with van der Waals surface area (Å²) in [6.07, 6.45) is 4.72. The Hall–Kier alpha value is -0.160. The first-order valence-electron chi connectivity index (χ1n) is 6.98. The van der Waals surface area contributed by atoms with Gasteiger partial charge in [0.25, 0.3) is 0 Å². The van der Waals surface area contributed by atoms with E-state index in [1.807, 2.05) is 0 Å². The maximum absolute atomic E-state index is 5.77. The number of unbranched alkanes of at least 4 members (excludes halogenated alkanes) is 1. The molecule has 1 heterocycles. The Morgan fingerprint density at radius 2 is 2.00 bits per heavy atom. The van der Waals surface area contributed by atoms with Crippen molar-refractivity contribution in [1.29, 1.82) is 0 Å². The average molecular weight is 243 g/mol. The molecule has 0 saturated carbocycles. The third-order valence-corrected chi connectivity index (χ3v) is 4.25. The lowest BCUT2D eigenvalue weighted by molar-refractivity contribution is -0.0337. The summed E-state index contributed by atoms with van der Waals surface area (Å²) >= 11 is 0. The second-order valence-electron chi connectivity index (χ2n) is 5.17. The van der Waals surface area contributed by atoms with Crippen LogP contribution in [0.25, 0.3) is 0 Å². The maximum Gasteiger partial charge on any atom is 0.0594 e. The molecule has 102 valence electrons. The molecule has 0 aromatic rings. The van der Waals surface area contributed by atoms with E-state index in [1.165, 1.54) is 12.8 Å². The number of nitrogens with zero attached hydrogens (tertiary/aromatic N) is 1. The summed E-state index contributed by atoms with van der Waals surface area (Å²) in [6.45, 7) is 10.6. The molecule has 1 saturated heterocycles. The van der Waals surface area contributed by atoms with Crippen molar-refractivity contribution in [2.45, 2.75) is 58.0 Å². The van der Waals surface area contributed by atoms with Gasteiger partial charge in [0.1, 0.15) is 0 Å². The number of morpholine rings is 1. The van der Waals surface area contributed by atoms with Gasteiger partial charge in [-0.2, -0.15) is 0 Å². The van der Waals surface area contributed by atoms with Gasteiger partial charge >= 0.3 is 0 Å². The first-order valence-corrected chi connectivity index (χ1v) is 6.98. The number of hydrogen-bond acceptors (Lipinski definition) is 4. The van der Waals surface area contributed by atoms with E-state index in [1.54, 1.807) is 0 Å². The third kappa shape index (κ3) is 3.65. The summed E-state index contributed by atoms with van der Waals surface area (Å²) in [7, 11) is 0. The molecule has 0 aliphatic carbocycles. The molecule has 2 unspecified atom stereocenters. The Balaban J connectivity index is 2.68. The topological polar surface area (TPSA) is 50.5 Å². The number of nitrogens with two attached hydrogens (primary N) is 1. The van der Waals surface area contributed by atoms with Gasteiger partial charge in [-0.15, -0.1) is 0 Å². The highest BCUT2D eigenvalue weighted by Gasteiger charge is 2.37. The highest BCUT2D eigenvalue weighted by Crippen LogP contribution is 2.27. The van der Waals surface area contributed by atoms with E-state index in [9.17, 15) is 0 Å². The van der Waals surface area contributed by atoms with Crippen LogP contribution in [-0.2, 0) is 4.74 Å². The Bertz CT molecular complexity index is 207. The van der Waals surface area contributed by atoms with E-state index in [-0.39, 0.29) is 5.54 Å². The van der Waals surface area contributed by atoms with Crippen LogP contribution in [0, 0.1) is 0 Å². The minimum absolute atomic E-state index is 0.147. The molecule has 1 aliphatic rings. The van der Waals surface area contributed by atoms with E-state index >= 15 is 0 Å².